The summed E-state index contributed by atoms with van der Waals surface area (Å²) in [5, 5.41) is 21.2. The van der Waals surface area contributed by atoms with E-state index < -0.39 is 12.2 Å². The highest BCUT2D eigenvalue weighted by Crippen LogP contribution is 2.53. The number of carbonyl (C=O) groups excluding carboxylic acids is 2. The van der Waals surface area contributed by atoms with Crippen LogP contribution in [0.3, 0.4) is 0 Å². The van der Waals surface area contributed by atoms with E-state index >= 15 is 0 Å². The van der Waals surface area contributed by atoms with Crippen LogP contribution >= 0.6 is 0 Å². The molecule has 1 saturated carbocycles. The van der Waals surface area contributed by atoms with Crippen LogP contribution in [-0.2, 0) is 32.2 Å². The number of likely N-dealkylation sites (tertiary alicyclic amines) is 1. The van der Waals surface area contributed by atoms with E-state index in [0.717, 1.165) is 52.9 Å². The van der Waals surface area contributed by atoms with E-state index in [2.05, 4.69) is 73.5 Å². The van der Waals surface area contributed by atoms with Crippen molar-refractivity contribution in [2.75, 3.05) is 13.1 Å². The maximum absolute atomic E-state index is 12.5. The molecule has 4 N–H and O–H groups in total. The molecule has 9 nitrogen and oxygen atoms in total. The number of nitrogens with one attached hydrogen (secondary N) is 2. The first-order valence-corrected chi connectivity index (χ1v) is 18.2. The van der Waals surface area contributed by atoms with Gasteiger partial charge in [-0.3, -0.25) is 19.7 Å². The van der Waals surface area contributed by atoms with Crippen molar-refractivity contribution < 1.29 is 29.4 Å². The SMILES string of the molecule is CC1(C)CC2CC(C)(CN2CC2CC(c3ccc(CO)cc3)OC(c3ccc(-c4ccccc4CNC(=O)CCCCC(=O)NO)cc3)O2)C1. The van der Waals surface area contributed by atoms with Crippen molar-refractivity contribution >= 4 is 11.8 Å². The molecule has 0 aromatic heterocycles. The molecular weight excluding hydrogens is 630 g/mol. The number of hydrogen-bond donors (Lipinski definition) is 4. The van der Waals surface area contributed by atoms with Gasteiger partial charge in [0.15, 0.2) is 6.29 Å². The predicted octanol–water partition coefficient (Wildman–Crippen LogP) is 6.97. The van der Waals surface area contributed by atoms with E-state index in [-0.39, 0.29) is 31.1 Å². The van der Waals surface area contributed by atoms with Crippen molar-refractivity contribution in [3.63, 3.8) is 0 Å². The molecular formula is C41H53N3O6. The van der Waals surface area contributed by atoms with Crippen molar-refractivity contribution in [1.82, 2.24) is 15.7 Å². The standard InChI is InChI=1S/C41H53N3O6/c1-40(2)21-33-22-41(3,26-40)27-44(33)24-34-20-36(30-14-12-28(25-45)13-15-30)50-39(49-34)31-18-16-29(17-19-31)35-9-5-4-8-32(35)23-42-37(46)10-6-7-11-38(47)43-48/h4-5,8-9,12-19,33-34,36,39,45,48H,6-7,10-11,20-27H2,1-3H3,(H,42,46)(H,43,47). The number of hydroxylamine groups is 1. The highest BCUT2D eigenvalue weighted by Gasteiger charge is 2.50. The number of ether oxygens (including phenoxy) is 2. The first kappa shape index (κ1) is 36.2. The van der Waals surface area contributed by atoms with Gasteiger partial charge in [0.05, 0.1) is 18.8 Å². The van der Waals surface area contributed by atoms with Gasteiger partial charge in [-0.2, -0.15) is 0 Å². The third-order valence-electron chi connectivity index (χ3n) is 10.7. The fraction of sp³-hybridized carbons (Fsp3) is 0.512. The van der Waals surface area contributed by atoms with Crippen LogP contribution in [0.5, 0.6) is 0 Å². The number of rotatable bonds is 13. The molecule has 2 aliphatic heterocycles. The van der Waals surface area contributed by atoms with Crippen LogP contribution in [-0.4, -0.2) is 52.3 Å². The maximum Gasteiger partial charge on any atom is 0.243 e. The third kappa shape index (κ3) is 9.00. The van der Waals surface area contributed by atoms with Gasteiger partial charge in [0.1, 0.15) is 0 Å². The fourth-order valence-electron chi connectivity index (χ4n) is 8.77. The molecule has 2 amide bonds. The second-order valence-corrected chi connectivity index (χ2v) is 15.8. The van der Waals surface area contributed by atoms with Crippen molar-refractivity contribution in [3.05, 3.63) is 95.1 Å². The van der Waals surface area contributed by atoms with E-state index in [4.69, 9.17) is 14.7 Å². The summed E-state index contributed by atoms with van der Waals surface area (Å²) in [5.74, 6) is -0.514. The fourth-order valence-corrected chi connectivity index (χ4v) is 8.77. The minimum absolute atomic E-state index is 0.0122. The van der Waals surface area contributed by atoms with Gasteiger partial charge in [0.2, 0.25) is 11.8 Å². The summed E-state index contributed by atoms with van der Waals surface area (Å²) in [6.45, 7) is 9.70. The molecule has 1 aliphatic carbocycles. The van der Waals surface area contributed by atoms with Crippen LogP contribution in [0, 0.1) is 10.8 Å². The second-order valence-electron chi connectivity index (χ2n) is 15.8. The quantitative estimate of drug-likeness (QED) is 0.0873. The number of hydrogen-bond acceptors (Lipinski definition) is 7. The molecule has 2 saturated heterocycles. The highest BCUT2D eigenvalue weighted by molar-refractivity contribution is 5.77. The van der Waals surface area contributed by atoms with Crippen molar-refractivity contribution in [2.45, 2.75) is 110 Å². The minimum Gasteiger partial charge on any atom is -0.392 e. The summed E-state index contributed by atoms with van der Waals surface area (Å²) in [4.78, 5) is 26.4. The zero-order chi connectivity index (χ0) is 35.3. The van der Waals surface area contributed by atoms with Gasteiger partial charge in [0, 0.05) is 50.5 Å². The van der Waals surface area contributed by atoms with Gasteiger partial charge in [-0.15, -0.1) is 0 Å². The average Bonchev–Trinajstić information content (AvgIpc) is 3.35. The summed E-state index contributed by atoms with van der Waals surface area (Å²) in [7, 11) is 0. The van der Waals surface area contributed by atoms with Crippen molar-refractivity contribution in [3.8, 4) is 11.1 Å². The summed E-state index contributed by atoms with van der Waals surface area (Å²) in [6, 6.07) is 25.1. The smallest absolute Gasteiger partial charge is 0.243 e. The molecule has 3 aromatic rings. The Morgan fingerprint density at radius 3 is 2.30 bits per heavy atom. The van der Waals surface area contributed by atoms with Gasteiger partial charge >= 0.3 is 0 Å². The number of aliphatic hydroxyl groups is 1. The number of aliphatic hydroxyl groups excluding tert-OH is 1. The molecule has 3 fully saturated rings. The van der Waals surface area contributed by atoms with Crippen LogP contribution < -0.4 is 10.8 Å². The summed E-state index contributed by atoms with van der Waals surface area (Å²) >= 11 is 0. The molecule has 3 aliphatic rings. The van der Waals surface area contributed by atoms with Crippen molar-refractivity contribution in [2.24, 2.45) is 10.8 Å². The monoisotopic (exact) mass is 683 g/mol. The number of fused-ring (bicyclic) bond motifs is 2. The number of unbranched alkanes of at least 4 members (excludes halogenated alkanes) is 1. The lowest BCUT2D eigenvalue weighted by molar-refractivity contribution is -0.253. The van der Waals surface area contributed by atoms with Crippen LogP contribution in [0.1, 0.15) is 107 Å². The number of amides is 2. The highest BCUT2D eigenvalue weighted by atomic mass is 16.7. The van der Waals surface area contributed by atoms with E-state index in [9.17, 15) is 14.7 Å². The molecule has 9 heteroatoms. The zero-order valence-corrected chi connectivity index (χ0v) is 29.7. The Hall–Kier alpha value is -3.60. The predicted molar refractivity (Wildman–Crippen MR) is 192 cm³/mol. The number of carbonyl (C=O) groups is 2. The van der Waals surface area contributed by atoms with E-state index in [1.54, 1.807) is 5.48 Å². The molecule has 50 heavy (non-hydrogen) atoms. The normalized spacial score (nSPS) is 26.0. The Bertz CT molecular complexity index is 1610. The molecule has 0 radical (unpaired) electrons. The van der Waals surface area contributed by atoms with Gasteiger partial charge in [-0.25, -0.2) is 5.48 Å². The largest absolute Gasteiger partial charge is 0.392 e. The molecule has 6 rings (SSSR count). The second kappa shape index (κ2) is 15.7. The zero-order valence-electron chi connectivity index (χ0n) is 29.7. The molecule has 2 heterocycles. The summed E-state index contributed by atoms with van der Waals surface area (Å²) < 4.78 is 13.4. The van der Waals surface area contributed by atoms with Gasteiger partial charge in [0.25, 0.3) is 0 Å². The Kier molecular flexibility index (Phi) is 11.4. The molecule has 5 unspecified atom stereocenters. The van der Waals surface area contributed by atoms with Crippen LogP contribution in [0.25, 0.3) is 11.1 Å². The minimum atomic E-state index is -0.516. The Morgan fingerprint density at radius 1 is 0.880 bits per heavy atom. The van der Waals surface area contributed by atoms with Crippen LogP contribution in [0.4, 0.5) is 0 Å². The Balaban J connectivity index is 1.14. The first-order valence-electron chi connectivity index (χ1n) is 18.2. The van der Waals surface area contributed by atoms with Gasteiger partial charge < -0.3 is 19.9 Å². The van der Waals surface area contributed by atoms with Crippen LogP contribution in [0.2, 0.25) is 0 Å². The topological polar surface area (TPSA) is 120 Å². The molecule has 2 bridgehead atoms. The molecule has 268 valence electrons. The number of nitrogens with zero attached hydrogens (tertiary/aromatic N) is 1. The lowest BCUT2D eigenvalue weighted by atomic mass is 9.65. The van der Waals surface area contributed by atoms with Gasteiger partial charge in [-0.05, 0) is 70.8 Å². The van der Waals surface area contributed by atoms with E-state index in [0.29, 0.717) is 42.7 Å². The summed E-state index contributed by atoms with van der Waals surface area (Å²) in [6.07, 6.45) is 5.49. The number of benzene rings is 3. The van der Waals surface area contributed by atoms with E-state index in [1.807, 2.05) is 30.3 Å². The average molecular weight is 684 g/mol. The Labute approximate surface area is 296 Å². The van der Waals surface area contributed by atoms with Gasteiger partial charge in [-0.1, -0.05) is 93.6 Å². The Morgan fingerprint density at radius 2 is 1.58 bits per heavy atom. The molecule has 3 aromatic carbocycles. The lowest BCUT2D eigenvalue weighted by Crippen LogP contribution is -2.42. The van der Waals surface area contributed by atoms with Crippen LogP contribution in [0.15, 0.2) is 72.8 Å². The lowest BCUT2D eigenvalue weighted by Gasteiger charge is -2.41. The maximum atomic E-state index is 12.5. The summed E-state index contributed by atoms with van der Waals surface area (Å²) in [5.41, 5.74) is 8.36. The molecule has 0 spiro atoms. The van der Waals surface area contributed by atoms with E-state index in [1.165, 1.54) is 19.3 Å². The molecule has 5 atom stereocenters. The van der Waals surface area contributed by atoms with Crippen molar-refractivity contribution in [1.29, 1.82) is 0 Å². The third-order valence-corrected chi connectivity index (χ3v) is 10.7. The first-order chi connectivity index (χ1) is 24.0.